The molecule has 6 rings (SSSR count). The van der Waals surface area contributed by atoms with E-state index in [2.05, 4.69) is 47.4 Å². The number of aromatic nitrogens is 4. The van der Waals surface area contributed by atoms with Gasteiger partial charge in [0.25, 0.3) is 0 Å². The largest absolute Gasteiger partial charge is 0.393 e. The number of hydrogen-bond donors (Lipinski definition) is 2. The molecule has 0 radical (unpaired) electrons. The Labute approximate surface area is 185 Å². The molecule has 32 heavy (non-hydrogen) atoms. The third kappa shape index (κ3) is 3.20. The molecule has 6 nitrogen and oxygen atoms in total. The zero-order valence-electron chi connectivity index (χ0n) is 17.5. The highest BCUT2D eigenvalue weighted by molar-refractivity contribution is 5.91. The average molecular weight is 422 g/mol. The summed E-state index contributed by atoms with van der Waals surface area (Å²) in [7, 11) is 0. The second-order valence-corrected chi connectivity index (χ2v) is 8.57. The molecular weight excluding hydrogens is 398 g/mol. The summed E-state index contributed by atoms with van der Waals surface area (Å²) in [6.45, 7) is 0. The molecule has 0 bridgehead atoms. The van der Waals surface area contributed by atoms with Crippen molar-refractivity contribution in [1.29, 1.82) is 0 Å². The molecule has 158 valence electrons. The summed E-state index contributed by atoms with van der Waals surface area (Å²) in [6.07, 6.45) is 5.91. The van der Waals surface area contributed by atoms with E-state index in [1.54, 1.807) is 6.20 Å². The van der Waals surface area contributed by atoms with E-state index in [1.807, 2.05) is 28.8 Å². The van der Waals surface area contributed by atoms with Crippen LogP contribution >= 0.6 is 0 Å². The Morgan fingerprint density at radius 1 is 0.969 bits per heavy atom. The highest BCUT2D eigenvalue weighted by Gasteiger charge is 2.29. The normalized spacial score (nSPS) is 18.2. The molecule has 3 N–H and O–H groups in total. The van der Waals surface area contributed by atoms with Gasteiger partial charge in [0, 0.05) is 35.3 Å². The molecule has 3 aromatic heterocycles. The van der Waals surface area contributed by atoms with Gasteiger partial charge in [-0.05, 0) is 30.9 Å². The maximum absolute atomic E-state index is 9.68. The van der Waals surface area contributed by atoms with Crippen molar-refractivity contribution in [3.05, 3.63) is 78.9 Å². The number of benzene rings is 2. The van der Waals surface area contributed by atoms with Gasteiger partial charge in [-0.15, -0.1) is 0 Å². The average Bonchev–Trinajstić information content (AvgIpc) is 3.18. The first-order valence-corrected chi connectivity index (χ1v) is 10.9. The Morgan fingerprint density at radius 2 is 1.78 bits per heavy atom. The highest BCUT2D eigenvalue weighted by Crippen LogP contribution is 2.34. The molecule has 0 amide bonds. The van der Waals surface area contributed by atoms with Gasteiger partial charge in [-0.3, -0.25) is 4.40 Å². The smallest absolute Gasteiger partial charge is 0.150 e. The number of aliphatic hydroxyl groups is 1. The van der Waals surface area contributed by atoms with Crippen molar-refractivity contribution >= 4 is 22.2 Å². The quantitative estimate of drug-likeness (QED) is 0.446. The monoisotopic (exact) mass is 421 g/mol. The lowest BCUT2D eigenvalue weighted by Crippen LogP contribution is -2.30. The van der Waals surface area contributed by atoms with E-state index in [-0.39, 0.29) is 6.10 Å². The van der Waals surface area contributed by atoms with E-state index in [0.717, 1.165) is 64.0 Å². The topological polar surface area (TPSA) is 89.3 Å². The number of fused-ring (bicyclic) bond motifs is 2. The van der Waals surface area contributed by atoms with Gasteiger partial charge in [-0.1, -0.05) is 48.5 Å². The summed E-state index contributed by atoms with van der Waals surface area (Å²) in [5.41, 5.74) is 11.8. The van der Waals surface area contributed by atoms with Crippen molar-refractivity contribution in [3.63, 3.8) is 0 Å². The van der Waals surface area contributed by atoms with Crippen LogP contribution in [0.2, 0.25) is 0 Å². The van der Waals surface area contributed by atoms with Gasteiger partial charge in [0.2, 0.25) is 0 Å². The number of rotatable bonds is 4. The fourth-order valence-corrected chi connectivity index (χ4v) is 4.63. The molecule has 0 saturated heterocycles. The van der Waals surface area contributed by atoms with Gasteiger partial charge < -0.3 is 10.8 Å². The number of pyridine rings is 1. The van der Waals surface area contributed by atoms with Crippen molar-refractivity contribution in [2.45, 2.75) is 25.4 Å². The number of nitrogens with zero attached hydrogens (tertiary/aromatic N) is 4. The van der Waals surface area contributed by atoms with Crippen LogP contribution in [-0.4, -0.2) is 30.6 Å². The number of imidazole rings is 1. The Morgan fingerprint density at radius 3 is 2.59 bits per heavy atom. The predicted molar refractivity (Wildman–Crippen MR) is 126 cm³/mol. The van der Waals surface area contributed by atoms with Crippen LogP contribution in [0, 0.1) is 5.92 Å². The van der Waals surface area contributed by atoms with E-state index in [9.17, 15) is 5.11 Å². The lowest BCUT2D eigenvalue weighted by Gasteiger charge is -2.30. The van der Waals surface area contributed by atoms with Crippen LogP contribution in [0.3, 0.4) is 0 Å². The molecule has 1 aliphatic carbocycles. The summed E-state index contributed by atoms with van der Waals surface area (Å²) >= 11 is 0. The van der Waals surface area contributed by atoms with Crippen LogP contribution in [-0.2, 0) is 6.42 Å². The molecule has 1 aliphatic rings. The molecule has 0 unspecified atom stereocenters. The van der Waals surface area contributed by atoms with E-state index >= 15 is 0 Å². The molecule has 5 aromatic rings. The van der Waals surface area contributed by atoms with E-state index < -0.39 is 0 Å². The molecule has 0 atom stereocenters. The van der Waals surface area contributed by atoms with Gasteiger partial charge in [0.1, 0.15) is 22.9 Å². The Balaban J connectivity index is 1.47. The summed E-state index contributed by atoms with van der Waals surface area (Å²) in [4.78, 5) is 14.2. The Kier molecular flexibility index (Phi) is 4.40. The first kappa shape index (κ1) is 19.0. The first-order valence-electron chi connectivity index (χ1n) is 10.9. The van der Waals surface area contributed by atoms with Crippen LogP contribution in [0.15, 0.2) is 73.1 Å². The molecule has 1 saturated carbocycles. The zero-order valence-corrected chi connectivity index (χ0v) is 17.5. The third-order valence-electron chi connectivity index (χ3n) is 6.37. The summed E-state index contributed by atoms with van der Waals surface area (Å²) < 4.78 is 2.04. The molecule has 3 heterocycles. The standard InChI is InChI=1S/C26H23N5O/c27-26-25-24(30-23(31(25)11-10-28-26)14-16-12-20(32)13-16)19-7-6-18-8-9-21(29-22(18)15-19)17-4-2-1-3-5-17/h1-11,15-16,20,32H,12-14H2,(H2,27,28). The lowest BCUT2D eigenvalue weighted by molar-refractivity contribution is 0.0423. The summed E-state index contributed by atoms with van der Waals surface area (Å²) in [5, 5.41) is 10.8. The van der Waals surface area contributed by atoms with Crippen molar-refractivity contribution in [1.82, 2.24) is 19.4 Å². The fraction of sp³-hybridized carbons (Fsp3) is 0.192. The lowest BCUT2D eigenvalue weighted by atomic mass is 9.80. The number of nitrogens with two attached hydrogens (primary N) is 1. The third-order valence-corrected chi connectivity index (χ3v) is 6.37. The number of aliphatic hydroxyl groups excluding tert-OH is 1. The molecule has 6 heteroatoms. The van der Waals surface area contributed by atoms with Crippen LogP contribution in [0.4, 0.5) is 5.82 Å². The van der Waals surface area contributed by atoms with Crippen molar-refractivity contribution in [3.8, 4) is 22.5 Å². The molecule has 0 spiro atoms. The van der Waals surface area contributed by atoms with Gasteiger partial charge in [-0.25, -0.2) is 15.0 Å². The van der Waals surface area contributed by atoms with Crippen LogP contribution in [0.1, 0.15) is 18.7 Å². The summed E-state index contributed by atoms with van der Waals surface area (Å²) in [5.74, 6) is 1.86. The van der Waals surface area contributed by atoms with Crippen molar-refractivity contribution in [2.24, 2.45) is 5.92 Å². The minimum atomic E-state index is -0.178. The first-order chi connectivity index (χ1) is 15.7. The van der Waals surface area contributed by atoms with Crippen LogP contribution in [0.25, 0.3) is 38.9 Å². The van der Waals surface area contributed by atoms with Gasteiger partial charge in [0.15, 0.2) is 0 Å². The van der Waals surface area contributed by atoms with Crippen molar-refractivity contribution < 1.29 is 5.11 Å². The molecule has 2 aromatic carbocycles. The minimum Gasteiger partial charge on any atom is -0.393 e. The summed E-state index contributed by atoms with van der Waals surface area (Å²) in [6, 6.07) is 20.6. The highest BCUT2D eigenvalue weighted by atomic mass is 16.3. The SMILES string of the molecule is Nc1nccn2c(CC3CC(O)C3)nc(-c3ccc4ccc(-c5ccccc5)nc4c3)c12. The zero-order chi connectivity index (χ0) is 21.7. The van der Waals surface area contributed by atoms with Gasteiger partial charge >= 0.3 is 0 Å². The van der Waals surface area contributed by atoms with E-state index in [0.29, 0.717) is 11.7 Å². The molecular formula is C26H23N5O. The Bertz CT molecular complexity index is 1440. The van der Waals surface area contributed by atoms with Gasteiger partial charge in [-0.2, -0.15) is 0 Å². The number of hydrogen-bond acceptors (Lipinski definition) is 5. The van der Waals surface area contributed by atoms with E-state index in [1.165, 1.54) is 0 Å². The number of anilines is 1. The van der Waals surface area contributed by atoms with Crippen LogP contribution < -0.4 is 5.73 Å². The number of nitrogen functional groups attached to an aromatic ring is 1. The maximum atomic E-state index is 9.68. The predicted octanol–water partition coefficient (Wildman–Crippen LogP) is 4.51. The molecule has 0 aliphatic heterocycles. The minimum absolute atomic E-state index is 0.178. The molecule has 1 fully saturated rings. The Hall–Kier alpha value is -3.77. The van der Waals surface area contributed by atoms with E-state index in [4.69, 9.17) is 15.7 Å². The van der Waals surface area contributed by atoms with Gasteiger partial charge in [0.05, 0.1) is 17.3 Å². The van der Waals surface area contributed by atoms with Crippen molar-refractivity contribution in [2.75, 3.05) is 5.73 Å². The second kappa shape index (κ2) is 7.43. The second-order valence-electron chi connectivity index (χ2n) is 8.57. The fourth-order valence-electron chi connectivity index (χ4n) is 4.63. The van der Waals surface area contributed by atoms with Crippen LogP contribution in [0.5, 0.6) is 0 Å². The maximum Gasteiger partial charge on any atom is 0.150 e.